The number of ketones is 1. The van der Waals surface area contributed by atoms with E-state index in [1.807, 2.05) is 66.9 Å². The molecule has 458 valence electrons. The molecule has 19 nitrogen and oxygen atoms in total. The summed E-state index contributed by atoms with van der Waals surface area (Å²) in [5.41, 5.74) is 9.39. The number of unbranched alkanes of at least 4 members (excludes halogenated alkanes) is 1. The van der Waals surface area contributed by atoms with Gasteiger partial charge in [-0.2, -0.15) is 0 Å². The third-order valence-corrected chi connectivity index (χ3v) is 15.8. The minimum Gasteiger partial charge on any atom is -0.493 e. The number of fused-ring (bicyclic) bond motifs is 5. The predicted molar refractivity (Wildman–Crippen MR) is 335 cm³/mol. The van der Waals surface area contributed by atoms with Crippen LogP contribution in [0.4, 0.5) is 27.5 Å². The Hall–Kier alpha value is -9.78. The van der Waals surface area contributed by atoms with Gasteiger partial charge in [-0.3, -0.25) is 38.7 Å². The molecule has 6 aromatic carbocycles. The summed E-state index contributed by atoms with van der Waals surface area (Å²) in [5, 5.41) is 8.23. The lowest BCUT2D eigenvalue weighted by atomic mass is 9.86. The van der Waals surface area contributed by atoms with Gasteiger partial charge in [-0.25, -0.2) is 4.79 Å². The highest BCUT2D eigenvalue weighted by atomic mass is 16.6. The number of aliphatic imine (C=N–C) groups is 1. The fraction of sp³-hybridized carbons (Fsp3) is 0.333. The maximum atomic E-state index is 14.7. The van der Waals surface area contributed by atoms with Crippen LogP contribution in [0.5, 0.6) is 23.0 Å². The van der Waals surface area contributed by atoms with E-state index in [-0.39, 0.29) is 97.4 Å². The summed E-state index contributed by atoms with van der Waals surface area (Å²) in [6, 6.07) is 34.7. The molecule has 6 aromatic rings. The summed E-state index contributed by atoms with van der Waals surface area (Å²) in [6.45, 7) is 8.87. The molecule has 0 saturated heterocycles. The Morgan fingerprint density at radius 1 is 0.670 bits per heavy atom. The monoisotopic (exact) mass is 1190 g/mol. The van der Waals surface area contributed by atoms with E-state index in [4.69, 9.17) is 28.7 Å². The molecule has 1 aliphatic carbocycles. The molecule has 2 aliphatic heterocycles. The van der Waals surface area contributed by atoms with Gasteiger partial charge in [-0.05, 0) is 128 Å². The van der Waals surface area contributed by atoms with Gasteiger partial charge in [0.05, 0.1) is 50.9 Å². The van der Waals surface area contributed by atoms with Crippen LogP contribution in [0.1, 0.15) is 114 Å². The van der Waals surface area contributed by atoms with Crippen LogP contribution in [-0.2, 0) is 61.3 Å². The van der Waals surface area contributed by atoms with Crippen LogP contribution < -0.4 is 44.7 Å². The fourth-order valence-corrected chi connectivity index (χ4v) is 11.1. The second kappa shape index (κ2) is 28.6. The Morgan fingerprint density at radius 2 is 1.34 bits per heavy atom. The van der Waals surface area contributed by atoms with Crippen molar-refractivity contribution in [3.63, 3.8) is 0 Å². The molecule has 19 heteroatoms. The van der Waals surface area contributed by atoms with E-state index in [0.29, 0.717) is 53.3 Å². The number of allylic oxidation sites excluding steroid dienone is 2. The highest BCUT2D eigenvalue weighted by Crippen LogP contribution is 2.43. The smallest absolute Gasteiger partial charge is 0.414 e. The van der Waals surface area contributed by atoms with E-state index in [9.17, 15) is 33.6 Å². The first-order chi connectivity index (χ1) is 42.4. The third kappa shape index (κ3) is 15.1. The van der Waals surface area contributed by atoms with Gasteiger partial charge in [-0.15, -0.1) is 0 Å². The van der Waals surface area contributed by atoms with Crippen LogP contribution in [0, 0.1) is 11.8 Å². The van der Waals surface area contributed by atoms with E-state index >= 15 is 0 Å². The zero-order valence-electron chi connectivity index (χ0n) is 50.8. The molecule has 0 aromatic heterocycles. The average Bonchev–Trinajstić information content (AvgIpc) is 2.07. The minimum absolute atomic E-state index is 0.0414. The van der Waals surface area contributed by atoms with Crippen molar-refractivity contribution in [2.24, 2.45) is 16.8 Å². The number of nitrogens with zero attached hydrogens (tertiary/aromatic N) is 3. The highest BCUT2D eigenvalue weighted by molar-refractivity contribution is 6.14. The van der Waals surface area contributed by atoms with Crippen molar-refractivity contribution in [1.82, 2.24) is 10.6 Å². The minimum atomic E-state index is -0.966. The number of rotatable bonds is 24. The molecule has 0 radical (unpaired) electrons. The SMILES string of the molecule is COC(=O)CCCCC(=O)N[C@@H](C(=O)N[C@H](C)C(=O)Nc1ccc(COC(=O)N2C[C@@H]3Cc4ccccc4N3C(=O)c3cc(OC)c(OCc4cccc(COc5cc(N=CC6C=C(C)c7ccccc7C6)c(C(C)=O)cc5OC)c4)cc32)cc1)C(C)C. The van der Waals surface area contributed by atoms with Crippen LogP contribution >= 0.6 is 0 Å². The number of carbonyl (C=O) groups excluding carboxylic acids is 7. The first kappa shape index (κ1) is 62.7. The number of nitrogens with one attached hydrogen (secondary N) is 3. The molecule has 88 heavy (non-hydrogen) atoms. The highest BCUT2D eigenvalue weighted by Gasteiger charge is 2.42. The zero-order chi connectivity index (χ0) is 62.6. The largest absolute Gasteiger partial charge is 0.493 e. The second-order valence-corrected chi connectivity index (χ2v) is 22.5. The molecule has 0 fully saturated rings. The number of Topliss-reactive ketones (excluding diaryl/α,β-unsaturated/α-hetero) is 1. The molecule has 2 heterocycles. The van der Waals surface area contributed by atoms with Crippen molar-refractivity contribution in [2.45, 2.75) is 111 Å². The lowest BCUT2D eigenvalue weighted by Crippen LogP contribution is -2.53. The van der Waals surface area contributed by atoms with Crippen LogP contribution in [0.2, 0.25) is 0 Å². The van der Waals surface area contributed by atoms with Crippen molar-refractivity contribution in [2.75, 3.05) is 43.0 Å². The predicted octanol–water partition coefficient (Wildman–Crippen LogP) is 11.1. The number of para-hydroxylation sites is 1. The molecule has 0 bridgehead atoms. The number of esters is 1. The maximum absolute atomic E-state index is 14.7. The molecular weight excluding hydrogens is 1120 g/mol. The Balaban J connectivity index is 0.857. The number of ether oxygens (including phenoxy) is 6. The van der Waals surface area contributed by atoms with Gasteiger partial charge in [0.15, 0.2) is 28.8 Å². The van der Waals surface area contributed by atoms with E-state index < -0.39 is 36.0 Å². The van der Waals surface area contributed by atoms with Gasteiger partial charge in [0.25, 0.3) is 5.91 Å². The summed E-state index contributed by atoms with van der Waals surface area (Å²) in [5.74, 6) is -1.06. The summed E-state index contributed by atoms with van der Waals surface area (Å²) in [6.07, 6.45) is 5.89. The maximum Gasteiger partial charge on any atom is 0.414 e. The molecule has 3 aliphatic rings. The number of amides is 5. The lowest BCUT2D eigenvalue weighted by molar-refractivity contribution is -0.140. The fourth-order valence-electron chi connectivity index (χ4n) is 11.1. The van der Waals surface area contributed by atoms with Crippen LogP contribution in [0.3, 0.4) is 0 Å². The van der Waals surface area contributed by atoms with Crippen LogP contribution in [-0.4, -0.2) is 93.7 Å². The van der Waals surface area contributed by atoms with Gasteiger partial charge >= 0.3 is 12.1 Å². The summed E-state index contributed by atoms with van der Waals surface area (Å²) in [7, 11) is 4.31. The normalized spacial score (nSPS) is 15.5. The lowest BCUT2D eigenvalue weighted by Gasteiger charge is -2.26. The number of anilines is 3. The molecular formula is C69H74N6O13. The van der Waals surface area contributed by atoms with E-state index in [0.717, 1.165) is 28.8 Å². The van der Waals surface area contributed by atoms with Gasteiger partial charge in [0, 0.05) is 54.0 Å². The third-order valence-electron chi connectivity index (χ3n) is 15.8. The number of methoxy groups -OCH3 is 3. The van der Waals surface area contributed by atoms with E-state index in [1.54, 1.807) is 67.3 Å². The van der Waals surface area contributed by atoms with E-state index in [2.05, 4.69) is 45.8 Å². The quantitative estimate of drug-likeness (QED) is 0.0222. The molecule has 3 N–H and O–H groups in total. The van der Waals surface area contributed by atoms with Crippen molar-refractivity contribution in [1.29, 1.82) is 0 Å². The number of benzene rings is 6. The van der Waals surface area contributed by atoms with Crippen LogP contribution in [0.25, 0.3) is 5.57 Å². The van der Waals surface area contributed by atoms with Crippen molar-refractivity contribution in [3.05, 3.63) is 172 Å². The Kier molecular flexibility index (Phi) is 20.4. The van der Waals surface area contributed by atoms with Crippen molar-refractivity contribution < 1.29 is 62.0 Å². The Bertz CT molecular complexity index is 3670. The van der Waals surface area contributed by atoms with Crippen LogP contribution in [0.15, 0.2) is 132 Å². The molecule has 0 saturated carbocycles. The van der Waals surface area contributed by atoms with Crippen molar-refractivity contribution >= 4 is 76.0 Å². The summed E-state index contributed by atoms with van der Waals surface area (Å²) in [4.78, 5) is 101. The zero-order valence-corrected chi connectivity index (χ0v) is 50.8. The second-order valence-electron chi connectivity index (χ2n) is 22.5. The molecule has 9 rings (SSSR count). The van der Waals surface area contributed by atoms with E-state index in [1.165, 1.54) is 56.8 Å². The van der Waals surface area contributed by atoms with Gasteiger partial charge < -0.3 is 49.3 Å². The molecule has 4 atom stereocenters. The van der Waals surface area contributed by atoms with Gasteiger partial charge in [0.1, 0.15) is 31.9 Å². The van der Waals surface area contributed by atoms with Crippen molar-refractivity contribution in [3.8, 4) is 23.0 Å². The average molecular weight is 1200 g/mol. The van der Waals surface area contributed by atoms with Gasteiger partial charge in [0.2, 0.25) is 17.7 Å². The Morgan fingerprint density at radius 3 is 2.03 bits per heavy atom. The van der Waals surface area contributed by atoms with Gasteiger partial charge in [-0.1, -0.05) is 92.7 Å². The number of carbonyl (C=O) groups is 7. The Labute approximate surface area is 512 Å². The molecule has 5 amide bonds. The standard InChI is InChI=1S/C69H74N6O13/c1-41(2)65(73-63(77)22-13-14-23-64(78)85-8)67(80)71-43(4)66(79)72-51-26-24-45(25-27-51)38-88-69(82)74-37-52-31-50-19-10-12-21-57(50)75(52)68(81)55-33-60(84-7)62(35-58(55)74)87-40-47-17-15-16-46(29-47)39-86-61-34-56(54(44(5)76)32-59(61)83-6)70-36-48-28-42(3)53-20-11-9-18-49(53)30-48/h9-12,15-21,24-29,32-36,41,43,48,52,65H,13-14,22-23,30-31,37-40H2,1-8H3,(H,71,80)(H,72,79)(H,73,77)/t43-,48?,52+,65-/m1/s1. The summed E-state index contributed by atoms with van der Waals surface area (Å²) >= 11 is 0. The molecule has 0 spiro atoms. The number of hydrogen-bond acceptors (Lipinski definition) is 14. The summed E-state index contributed by atoms with van der Waals surface area (Å²) < 4.78 is 35.1. The topological polar surface area (TPSA) is 230 Å². The first-order valence-corrected chi connectivity index (χ1v) is 29.4. The number of hydrogen-bond donors (Lipinski definition) is 3. The first-order valence-electron chi connectivity index (χ1n) is 29.4. The molecule has 1 unspecified atom stereocenters.